The van der Waals surface area contributed by atoms with Gasteiger partial charge in [0.1, 0.15) is 0 Å². The van der Waals surface area contributed by atoms with Crippen LogP contribution in [0.15, 0.2) is 24.3 Å². The van der Waals surface area contributed by atoms with Crippen molar-refractivity contribution in [2.24, 2.45) is 0 Å². The number of hydrogen-bond acceptors (Lipinski definition) is 1. The molecule has 0 fully saturated rings. The molecule has 1 rings (SSSR count). The van der Waals surface area contributed by atoms with Crippen molar-refractivity contribution in [3.05, 3.63) is 41.5 Å². The Morgan fingerprint density at radius 1 is 1.31 bits per heavy atom. The van der Waals surface area contributed by atoms with Gasteiger partial charge in [0.05, 0.1) is 0 Å². The van der Waals surface area contributed by atoms with E-state index in [1.807, 2.05) is 0 Å². The Labute approximate surface area is 75.3 Å². The molecular formula is C10H10F2O. The molecule has 3 heteroatoms. The van der Waals surface area contributed by atoms with E-state index >= 15 is 0 Å². The summed E-state index contributed by atoms with van der Waals surface area (Å²) in [5.41, 5.74) is 0.202. The summed E-state index contributed by atoms with van der Waals surface area (Å²) in [6, 6.07) is 3.99. The summed E-state index contributed by atoms with van der Waals surface area (Å²) < 4.78 is 25.6. The zero-order valence-electron chi connectivity index (χ0n) is 7.00. The molecule has 13 heavy (non-hydrogen) atoms. The molecule has 1 N–H and O–H groups in total. The second-order valence-electron chi connectivity index (χ2n) is 2.56. The van der Waals surface area contributed by atoms with Crippen molar-refractivity contribution in [2.45, 2.75) is 6.42 Å². The smallest absolute Gasteiger partial charge is 0.166 e. The molecule has 1 aromatic carbocycles. The Morgan fingerprint density at radius 3 is 2.77 bits per heavy atom. The number of aliphatic hydroxyl groups excluding tert-OH is 1. The van der Waals surface area contributed by atoms with Gasteiger partial charge in [0.2, 0.25) is 0 Å². The van der Waals surface area contributed by atoms with E-state index in [-0.39, 0.29) is 12.2 Å². The lowest BCUT2D eigenvalue weighted by Crippen LogP contribution is -1.87. The van der Waals surface area contributed by atoms with Crippen molar-refractivity contribution >= 4 is 6.08 Å². The molecule has 1 aromatic rings. The minimum absolute atomic E-state index is 0.00738. The molecule has 0 atom stereocenters. The molecule has 0 heterocycles. The van der Waals surface area contributed by atoms with Crippen LogP contribution in [0, 0.1) is 11.6 Å². The molecule has 0 saturated carbocycles. The van der Waals surface area contributed by atoms with Gasteiger partial charge in [-0.15, -0.1) is 0 Å². The lowest BCUT2D eigenvalue weighted by atomic mass is 10.2. The molecule has 0 aromatic heterocycles. The van der Waals surface area contributed by atoms with Crippen LogP contribution in [0.1, 0.15) is 12.0 Å². The Morgan fingerprint density at radius 2 is 2.08 bits per heavy atom. The molecule has 1 nitrogen and oxygen atoms in total. The first-order valence-electron chi connectivity index (χ1n) is 3.97. The highest BCUT2D eigenvalue weighted by Gasteiger charge is 2.03. The Hall–Kier alpha value is -1.22. The van der Waals surface area contributed by atoms with E-state index in [0.717, 1.165) is 6.07 Å². The highest BCUT2D eigenvalue weighted by atomic mass is 19.2. The number of hydrogen-bond donors (Lipinski definition) is 1. The van der Waals surface area contributed by atoms with E-state index in [1.165, 1.54) is 18.2 Å². The fourth-order valence-corrected chi connectivity index (χ4v) is 0.934. The largest absolute Gasteiger partial charge is 0.396 e. The number of halogens is 2. The second kappa shape index (κ2) is 4.72. The summed E-state index contributed by atoms with van der Waals surface area (Å²) in [5.74, 6) is -1.71. The van der Waals surface area contributed by atoms with Crippen LogP contribution < -0.4 is 0 Å². The molecule has 0 aliphatic carbocycles. The van der Waals surface area contributed by atoms with Crippen molar-refractivity contribution < 1.29 is 13.9 Å². The van der Waals surface area contributed by atoms with Crippen LogP contribution in [-0.4, -0.2) is 11.7 Å². The van der Waals surface area contributed by atoms with E-state index in [4.69, 9.17) is 5.11 Å². The van der Waals surface area contributed by atoms with Gasteiger partial charge in [-0.3, -0.25) is 0 Å². The number of rotatable bonds is 3. The van der Waals surface area contributed by atoms with Gasteiger partial charge in [-0.05, 0) is 12.5 Å². The van der Waals surface area contributed by atoms with Crippen molar-refractivity contribution in [3.8, 4) is 0 Å². The summed E-state index contributed by atoms with van der Waals surface area (Å²) in [7, 11) is 0. The Kier molecular flexibility index (Phi) is 3.58. The molecule has 0 amide bonds. The van der Waals surface area contributed by atoms with Gasteiger partial charge in [0.25, 0.3) is 0 Å². The zero-order chi connectivity index (χ0) is 9.68. The average Bonchev–Trinajstić information content (AvgIpc) is 2.13. The lowest BCUT2D eigenvalue weighted by Gasteiger charge is -1.96. The first kappa shape index (κ1) is 9.86. The maximum atomic E-state index is 12.9. The lowest BCUT2D eigenvalue weighted by molar-refractivity contribution is 0.303. The minimum atomic E-state index is -0.855. The van der Waals surface area contributed by atoms with Crippen LogP contribution in [0.25, 0.3) is 6.08 Å². The maximum absolute atomic E-state index is 12.9. The second-order valence-corrected chi connectivity index (χ2v) is 2.56. The maximum Gasteiger partial charge on any atom is 0.166 e. The Bertz CT molecular complexity index is 308. The summed E-state index contributed by atoms with van der Waals surface area (Å²) in [4.78, 5) is 0. The summed E-state index contributed by atoms with van der Waals surface area (Å²) in [6.07, 6.45) is 3.49. The molecule has 0 spiro atoms. The first-order chi connectivity index (χ1) is 6.25. The standard InChI is InChI=1S/C10H10F2O/c11-9-6-3-5-8(10(9)12)4-1-2-7-13/h1,3-6,13H,2,7H2. The van der Waals surface area contributed by atoms with Crippen LogP contribution >= 0.6 is 0 Å². The normalized spacial score (nSPS) is 11.0. The van der Waals surface area contributed by atoms with Crippen LogP contribution in [0.2, 0.25) is 0 Å². The first-order valence-corrected chi connectivity index (χ1v) is 3.97. The van der Waals surface area contributed by atoms with Gasteiger partial charge in [0.15, 0.2) is 11.6 Å². The third-order valence-corrected chi connectivity index (χ3v) is 1.57. The zero-order valence-corrected chi connectivity index (χ0v) is 7.00. The average molecular weight is 184 g/mol. The highest BCUT2D eigenvalue weighted by molar-refractivity contribution is 5.49. The van der Waals surface area contributed by atoms with Crippen molar-refractivity contribution in [2.75, 3.05) is 6.61 Å². The summed E-state index contributed by atoms with van der Waals surface area (Å²) >= 11 is 0. The predicted molar refractivity (Wildman–Crippen MR) is 47.1 cm³/mol. The van der Waals surface area contributed by atoms with Gasteiger partial charge >= 0.3 is 0 Å². The third kappa shape index (κ3) is 2.63. The molecule has 0 unspecified atom stereocenters. The topological polar surface area (TPSA) is 20.2 Å². The SMILES string of the molecule is OCCC=Cc1cccc(F)c1F. The monoisotopic (exact) mass is 184 g/mol. The molecule has 70 valence electrons. The van der Waals surface area contributed by atoms with Crippen molar-refractivity contribution in [3.63, 3.8) is 0 Å². The molecule has 0 radical (unpaired) electrons. The van der Waals surface area contributed by atoms with Crippen LogP contribution in [0.5, 0.6) is 0 Å². The summed E-state index contributed by atoms with van der Waals surface area (Å²) in [5, 5.41) is 8.45. The molecule has 0 bridgehead atoms. The van der Waals surface area contributed by atoms with Crippen LogP contribution in [0.4, 0.5) is 8.78 Å². The van der Waals surface area contributed by atoms with Gasteiger partial charge in [-0.1, -0.05) is 24.3 Å². The predicted octanol–water partition coefficient (Wildman–Crippen LogP) is 2.36. The Balaban J connectivity index is 2.83. The minimum Gasteiger partial charge on any atom is -0.396 e. The molecule has 0 aliphatic heterocycles. The van der Waals surface area contributed by atoms with E-state index in [1.54, 1.807) is 6.08 Å². The molecule has 0 saturated heterocycles. The van der Waals surface area contributed by atoms with Crippen molar-refractivity contribution in [1.82, 2.24) is 0 Å². The van der Waals surface area contributed by atoms with Gasteiger partial charge in [0, 0.05) is 12.2 Å². The van der Waals surface area contributed by atoms with E-state index < -0.39 is 11.6 Å². The fourth-order valence-electron chi connectivity index (χ4n) is 0.934. The highest BCUT2D eigenvalue weighted by Crippen LogP contribution is 2.12. The summed E-state index contributed by atoms with van der Waals surface area (Å²) in [6.45, 7) is 0.00738. The van der Waals surface area contributed by atoms with E-state index in [2.05, 4.69) is 0 Å². The van der Waals surface area contributed by atoms with Gasteiger partial charge < -0.3 is 5.11 Å². The van der Waals surface area contributed by atoms with Crippen LogP contribution in [-0.2, 0) is 0 Å². The fraction of sp³-hybridized carbons (Fsp3) is 0.200. The van der Waals surface area contributed by atoms with Gasteiger partial charge in [-0.25, -0.2) is 8.78 Å². The molecular weight excluding hydrogens is 174 g/mol. The van der Waals surface area contributed by atoms with Crippen molar-refractivity contribution in [1.29, 1.82) is 0 Å². The number of benzene rings is 1. The number of aliphatic hydroxyl groups is 1. The third-order valence-electron chi connectivity index (χ3n) is 1.57. The van der Waals surface area contributed by atoms with Crippen LogP contribution in [0.3, 0.4) is 0 Å². The quantitative estimate of drug-likeness (QED) is 0.764. The van der Waals surface area contributed by atoms with E-state index in [9.17, 15) is 8.78 Å². The molecule has 0 aliphatic rings. The van der Waals surface area contributed by atoms with Gasteiger partial charge in [-0.2, -0.15) is 0 Å². The van der Waals surface area contributed by atoms with E-state index in [0.29, 0.717) is 6.42 Å².